The lowest BCUT2D eigenvalue weighted by atomic mass is 9.90. The van der Waals surface area contributed by atoms with Crippen molar-refractivity contribution in [2.24, 2.45) is 13.0 Å². The van der Waals surface area contributed by atoms with Crippen LogP contribution < -0.4 is 4.57 Å². The largest absolute Gasteiger partial charge is 0.454 e. The van der Waals surface area contributed by atoms with Crippen molar-refractivity contribution in [3.8, 4) is 22.4 Å². The zero-order valence-corrected chi connectivity index (χ0v) is 22.7. The van der Waals surface area contributed by atoms with E-state index < -0.39 is 0 Å². The Hall–Kier alpha value is -3.50. The van der Waals surface area contributed by atoms with Gasteiger partial charge in [0.1, 0.15) is 24.0 Å². The van der Waals surface area contributed by atoms with Gasteiger partial charge in [-0.05, 0) is 72.4 Å². The molecule has 5 aromatic rings. The average molecular weight is 509 g/mol. The SMILES string of the molecule is Cc1ccc2c(oc3c(-c4ccc(C5CCOCC5)cc4)c(F)ccc32)c1-c1cc(CC(C)C)cc[n+]1C. The monoisotopic (exact) mass is 508 g/mol. The van der Waals surface area contributed by atoms with Crippen LogP contribution in [0.4, 0.5) is 4.39 Å². The minimum atomic E-state index is -0.266. The highest BCUT2D eigenvalue weighted by Crippen LogP contribution is 2.42. The van der Waals surface area contributed by atoms with Gasteiger partial charge >= 0.3 is 0 Å². The summed E-state index contributed by atoms with van der Waals surface area (Å²) in [4.78, 5) is 0. The minimum absolute atomic E-state index is 0.266. The van der Waals surface area contributed by atoms with Gasteiger partial charge < -0.3 is 9.15 Å². The molecule has 0 N–H and O–H groups in total. The van der Waals surface area contributed by atoms with E-state index in [4.69, 9.17) is 9.15 Å². The third-order valence-electron chi connectivity index (χ3n) is 7.97. The van der Waals surface area contributed by atoms with Crippen LogP contribution in [0.15, 0.2) is 71.3 Å². The molecule has 0 aliphatic carbocycles. The number of benzene rings is 3. The molecule has 38 heavy (non-hydrogen) atoms. The Bertz CT molecular complexity index is 1630. The summed E-state index contributed by atoms with van der Waals surface area (Å²) in [6.07, 6.45) is 5.21. The van der Waals surface area contributed by atoms with Crippen LogP contribution in [0.1, 0.15) is 49.3 Å². The highest BCUT2D eigenvalue weighted by atomic mass is 19.1. The number of hydrogen-bond donors (Lipinski definition) is 0. The molecule has 2 aromatic heterocycles. The number of hydrogen-bond acceptors (Lipinski definition) is 2. The topological polar surface area (TPSA) is 26.2 Å². The highest BCUT2D eigenvalue weighted by molar-refractivity contribution is 6.13. The second kappa shape index (κ2) is 9.99. The molecule has 0 spiro atoms. The Kier molecular flexibility index (Phi) is 6.53. The molecular formula is C34H35FNO2+. The van der Waals surface area contributed by atoms with E-state index in [9.17, 15) is 0 Å². The van der Waals surface area contributed by atoms with Crippen molar-refractivity contribution < 1.29 is 18.1 Å². The number of pyridine rings is 1. The summed E-state index contributed by atoms with van der Waals surface area (Å²) in [5.74, 6) is 0.808. The van der Waals surface area contributed by atoms with Crippen molar-refractivity contribution in [3.05, 3.63) is 89.4 Å². The Morgan fingerprint density at radius 1 is 0.895 bits per heavy atom. The first kappa shape index (κ1) is 24.8. The van der Waals surface area contributed by atoms with Crippen LogP contribution in [-0.2, 0) is 18.2 Å². The fourth-order valence-electron chi connectivity index (χ4n) is 5.98. The molecule has 6 rings (SSSR count). The number of ether oxygens (including phenoxy) is 1. The van der Waals surface area contributed by atoms with Crippen molar-refractivity contribution in [3.63, 3.8) is 0 Å². The number of rotatable bonds is 5. The van der Waals surface area contributed by atoms with Crippen LogP contribution in [0.5, 0.6) is 0 Å². The van der Waals surface area contributed by atoms with Gasteiger partial charge in [0.05, 0.1) is 11.1 Å². The molecule has 1 aliphatic heterocycles. The summed E-state index contributed by atoms with van der Waals surface area (Å²) in [6, 6.07) is 20.5. The lowest BCUT2D eigenvalue weighted by molar-refractivity contribution is -0.660. The Morgan fingerprint density at radius 2 is 1.58 bits per heavy atom. The quantitative estimate of drug-likeness (QED) is 0.223. The minimum Gasteiger partial charge on any atom is -0.454 e. The van der Waals surface area contributed by atoms with Gasteiger partial charge in [0.2, 0.25) is 5.69 Å². The molecule has 1 aliphatic rings. The summed E-state index contributed by atoms with van der Waals surface area (Å²) in [7, 11) is 2.07. The van der Waals surface area contributed by atoms with Crippen LogP contribution in [0.2, 0.25) is 0 Å². The maximum atomic E-state index is 15.4. The zero-order valence-electron chi connectivity index (χ0n) is 22.7. The molecule has 0 unspecified atom stereocenters. The summed E-state index contributed by atoms with van der Waals surface area (Å²) in [5, 5.41) is 1.95. The highest BCUT2D eigenvalue weighted by Gasteiger charge is 2.24. The molecule has 0 atom stereocenters. The molecule has 3 aromatic carbocycles. The molecule has 1 fully saturated rings. The number of halogens is 1. The summed E-state index contributed by atoms with van der Waals surface area (Å²) in [6.45, 7) is 8.21. The Balaban J connectivity index is 1.52. The van der Waals surface area contributed by atoms with Crippen LogP contribution in [0.3, 0.4) is 0 Å². The summed E-state index contributed by atoms with van der Waals surface area (Å²) in [5.41, 5.74) is 8.68. The average Bonchev–Trinajstić information content (AvgIpc) is 3.28. The van der Waals surface area contributed by atoms with Crippen molar-refractivity contribution in [2.75, 3.05) is 13.2 Å². The van der Waals surface area contributed by atoms with E-state index in [1.807, 2.05) is 18.2 Å². The second-order valence-electron chi connectivity index (χ2n) is 11.2. The van der Waals surface area contributed by atoms with E-state index in [0.29, 0.717) is 23.0 Å². The fraction of sp³-hybridized carbons (Fsp3) is 0.324. The first-order valence-corrected chi connectivity index (χ1v) is 13.7. The van der Waals surface area contributed by atoms with E-state index in [2.05, 4.69) is 75.0 Å². The molecule has 194 valence electrons. The first-order chi connectivity index (χ1) is 18.4. The maximum absolute atomic E-state index is 15.4. The Morgan fingerprint density at radius 3 is 2.29 bits per heavy atom. The van der Waals surface area contributed by atoms with Gasteiger partial charge in [-0.2, -0.15) is 0 Å². The maximum Gasteiger partial charge on any atom is 0.216 e. The molecule has 0 bridgehead atoms. The summed E-state index contributed by atoms with van der Waals surface area (Å²) >= 11 is 0. The lowest BCUT2D eigenvalue weighted by Crippen LogP contribution is -2.31. The van der Waals surface area contributed by atoms with E-state index in [-0.39, 0.29) is 5.82 Å². The molecule has 4 heteroatoms. The zero-order chi connectivity index (χ0) is 26.4. The van der Waals surface area contributed by atoms with Crippen molar-refractivity contribution >= 4 is 21.9 Å². The molecule has 0 saturated carbocycles. The lowest BCUT2D eigenvalue weighted by Gasteiger charge is -2.22. The van der Waals surface area contributed by atoms with Gasteiger partial charge in [-0.1, -0.05) is 50.2 Å². The van der Waals surface area contributed by atoms with Crippen LogP contribution in [0, 0.1) is 18.7 Å². The number of aryl methyl sites for hydroxylation is 2. The standard InChI is InChI=1S/C34H35FNO2/c1-21(2)19-23-13-16-36(4)30(20-23)31-22(3)5-10-27-28-11-12-29(35)32(34(28)38-33(27)31)26-8-6-24(7-9-26)25-14-17-37-18-15-25/h5-13,16,20-21,25H,14-15,17-19H2,1-4H3/q+1. The normalized spacial score (nSPS) is 14.7. The molecule has 3 nitrogen and oxygen atoms in total. The van der Waals surface area contributed by atoms with Gasteiger partial charge in [-0.25, -0.2) is 8.96 Å². The van der Waals surface area contributed by atoms with Crippen LogP contribution in [-0.4, -0.2) is 13.2 Å². The second-order valence-corrected chi connectivity index (χ2v) is 11.2. The number of aromatic nitrogens is 1. The number of fused-ring (bicyclic) bond motifs is 3. The number of nitrogens with zero attached hydrogens (tertiary/aromatic N) is 1. The molecule has 0 radical (unpaired) electrons. The van der Waals surface area contributed by atoms with Crippen LogP contribution >= 0.6 is 0 Å². The first-order valence-electron chi connectivity index (χ1n) is 13.7. The molecule has 1 saturated heterocycles. The van der Waals surface area contributed by atoms with E-state index in [1.54, 1.807) is 6.07 Å². The fourth-order valence-corrected chi connectivity index (χ4v) is 5.98. The van der Waals surface area contributed by atoms with Gasteiger partial charge in [-0.3, -0.25) is 0 Å². The smallest absolute Gasteiger partial charge is 0.216 e. The van der Waals surface area contributed by atoms with Gasteiger partial charge in [-0.15, -0.1) is 0 Å². The van der Waals surface area contributed by atoms with Crippen molar-refractivity contribution in [1.29, 1.82) is 0 Å². The summed E-state index contributed by atoms with van der Waals surface area (Å²) < 4.78 is 29.8. The predicted octanol–water partition coefficient (Wildman–Crippen LogP) is 8.28. The van der Waals surface area contributed by atoms with E-state index >= 15 is 4.39 Å². The third-order valence-corrected chi connectivity index (χ3v) is 7.97. The van der Waals surface area contributed by atoms with Gasteiger partial charge in [0, 0.05) is 36.1 Å². The number of furan rings is 1. The molecule has 0 amide bonds. The van der Waals surface area contributed by atoms with Crippen LogP contribution in [0.25, 0.3) is 44.3 Å². The van der Waals surface area contributed by atoms with Gasteiger partial charge in [0.25, 0.3) is 0 Å². The third kappa shape index (κ3) is 4.41. The predicted molar refractivity (Wildman–Crippen MR) is 152 cm³/mol. The van der Waals surface area contributed by atoms with E-state index in [0.717, 1.165) is 71.2 Å². The molecule has 3 heterocycles. The Labute approximate surface area is 223 Å². The van der Waals surface area contributed by atoms with Gasteiger partial charge in [0.15, 0.2) is 6.20 Å². The van der Waals surface area contributed by atoms with Crippen molar-refractivity contribution in [1.82, 2.24) is 0 Å². The molecular weight excluding hydrogens is 473 g/mol. The van der Waals surface area contributed by atoms with E-state index in [1.165, 1.54) is 11.1 Å². The van der Waals surface area contributed by atoms with Crippen molar-refractivity contribution in [2.45, 2.75) is 46.0 Å².